The van der Waals surface area contributed by atoms with Gasteiger partial charge in [-0.05, 0) is 37.6 Å². The highest BCUT2D eigenvalue weighted by atomic mass is 35.5. The molecule has 1 aliphatic heterocycles. The van der Waals surface area contributed by atoms with Crippen LogP contribution in [0.2, 0.25) is 5.02 Å². The first kappa shape index (κ1) is 15.3. The number of carbonyl (C=O) groups is 1. The van der Waals surface area contributed by atoms with Crippen LogP contribution in [-0.2, 0) is 9.53 Å². The van der Waals surface area contributed by atoms with Crippen LogP contribution in [0.25, 0.3) is 0 Å². The summed E-state index contributed by atoms with van der Waals surface area (Å²) in [4.78, 5) is 14.4. The van der Waals surface area contributed by atoms with Crippen molar-refractivity contribution in [2.45, 2.75) is 24.9 Å². The van der Waals surface area contributed by atoms with E-state index in [1.54, 1.807) is 24.3 Å². The Morgan fingerprint density at radius 3 is 2.55 bits per heavy atom. The van der Waals surface area contributed by atoms with Crippen molar-refractivity contribution < 1.29 is 14.6 Å². The monoisotopic (exact) mass is 297 g/mol. The molecule has 0 bridgehead atoms. The summed E-state index contributed by atoms with van der Waals surface area (Å²) in [5.41, 5.74) is 0.731. The molecular formula is C15H20ClNO3. The van der Waals surface area contributed by atoms with Crippen molar-refractivity contribution in [3.8, 4) is 0 Å². The first-order valence-electron chi connectivity index (χ1n) is 6.85. The highest BCUT2D eigenvalue weighted by Gasteiger charge is 2.26. The minimum atomic E-state index is -0.632. The molecule has 0 saturated carbocycles. The molecule has 0 spiro atoms. The molecule has 0 radical (unpaired) electrons. The van der Waals surface area contributed by atoms with E-state index in [1.807, 2.05) is 0 Å². The van der Waals surface area contributed by atoms with Crippen molar-refractivity contribution in [3.05, 3.63) is 34.9 Å². The molecule has 4 nitrogen and oxygen atoms in total. The minimum absolute atomic E-state index is 0.0416. The molecule has 1 heterocycles. The highest BCUT2D eigenvalue weighted by Crippen LogP contribution is 2.22. The summed E-state index contributed by atoms with van der Waals surface area (Å²) in [6.07, 6.45) is 1.65. The molecule has 5 heteroatoms. The zero-order valence-corrected chi connectivity index (χ0v) is 12.3. The number of benzene rings is 1. The molecule has 1 atom stereocenters. The fraction of sp³-hybridized carbons (Fsp3) is 0.533. The Bertz CT molecular complexity index is 441. The molecule has 1 unspecified atom stereocenters. The Kier molecular flexibility index (Phi) is 5.40. The zero-order valence-electron chi connectivity index (χ0n) is 11.6. The second-order valence-electron chi connectivity index (χ2n) is 5.23. The SMILES string of the molecule is CN1CCC(OC(=O)C(CO)c2ccc(Cl)cc2)CC1. The first-order valence-corrected chi connectivity index (χ1v) is 7.23. The van der Waals surface area contributed by atoms with Gasteiger partial charge in [-0.1, -0.05) is 23.7 Å². The summed E-state index contributed by atoms with van der Waals surface area (Å²) < 4.78 is 5.52. The van der Waals surface area contributed by atoms with Gasteiger partial charge in [-0.2, -0.15) is 0 Å². The topological polar surface area (TPSA) is 49.8 Å². The summed E-state index contributed by atoms with van der Waals surface area (Å²) in [7, 11) is 2.06. The lowest BCUT2D eigenvalue weighted by molar-refractivity contribution is -0.154. The Hall–Kier alpha value is -1.10. The molecule has 1 N–H and O–H groups in total. The lowest BCUT2D eigenvalue weighted by Gasteiger charge is -2.29. The summed E-state index contributed by atoms with van der Waals surface area (Å²) in [5.74, 6) is -0.990. The zero-order chi connectivity index (χ0) is 14.5. The number of hydrogen-bond acceptors (Lipinski definition) is 4. The predicted octanol–water partition coefficient (Wildman–Crippen LogP) is 2.05. The van der Waals surface area contributed by atoms with E-state index >= 15 is 0 Å². The Morgan fingerprint density at radius 2 is 2.00 bits per heavy atom. The molecule has 1 aliphatic rings. The van der Waals surface area contributed by atoms with Gasteiger partial charge in [-0.25, -0.2) is 0 Å². The van der Waals surface area contributed by atoms with Gasteiger partial charge >= 0.3 is 5.97 Å². The summed E-state index contributed by atoms with van der Waals surface area (Å²) >= 11 is 5.83. The number of nitrogens with zero attached hydrogens (tertiary/aromatic N) is 1. The average molecular weight is 298 g/mol. The lowest BCUT2D eigenvalue weighted by Crippen LogP contribution is -2.36. The van der Waals surface area contributed by atoms with E-state index in [0.717, 1.165) is 31.5 Å². The number of ether oxygens (including phenoxy) is 1. The van der Waals surface area contributed by atoms with Crippen molar-refractivity contribution in [1.29, 1.82) is 0 Å². The van der Waals surface area contributed by atoms with Gasteiger partial charge in [0.05, 0.1) is 6.61 Å². The number of aliphatic hydroxyl groups is 1. The minimum Gasteiger partial charge on any atom is -0.462 e. The number of rotatable bonds is 4. The van der Waals surface area contributed by atoms with Crippen molar-refractivity contribution in [3.63, 3.8) is 0 Å². The van der Waals surface area contributed by atoms with Crippen LogP contribution in [0.15, 0.2) is 24.3 Å². The van der Waals surface area contributed by atoms with Crippen LogP contribution in [0.5, 0.6) is 0 Å². The third kappa shape index (κ3) is 3.95. The average Bonchev–Trinajstić information content (AvgIpc) is 2.44. The van der Waals surface area contributed by atoms with Gasteiger partial charge in [0.1, 0.15) is 12.0 Å². The highest BCUT2D eigenvalue weighted by molar-refractivity contribution is 6.30. The van der Waals surface area contributed by atoms with Crippen LogP contribution in [0.3, 0.4) is 0 Å². The van der Waals surface area contributed by atoms with E-state index < -0.39 is 5.92 Å². The predicted molar refractivity (Wildman–Crippen MR) is 77.9 cm³/mol. The van der Waals surface area contributed by atoms with Crippen molar-refractivity contribution in [1.82, 2.24) is 4.90 Å². The second-order valence-corrected chi connectivity index (χ2v) is 5.66. The number of likely N-dealkylation sites (tertiary alicyclic amines) is 1. The van der Waals surface area contributed by atoms with E-state index in [1.165, 1.54) is 0 Å². The van der Waals surface area contributed by atoms with Crippen LogP contribution < -0.4 is 0 Å². The summed E-state index contributed by atoms with van der Waals surface area (Å²) in [6, 6.07) is 6.92. The third-order valence-electron chi connectivity index (χ3n) is 3.69. The molecule has 1 fully saturated rings. The molecule has 0 amide bonds. The van der Waals surface area contributed by atoms with Crippen LogP contribution in [0.1, 0.15) is 24.3 Å². The fourth-order valence-corrected chi connectivity index (χ4v) is 2.49. The van der Waals surface area contributed by atoms with Crippen LogP contribution in [0, 0.1) is 0 Å². The molecule has 20 heavy (non-hydrogen) atoms. The van der Waals surface area contributed by atoms with Gasteiger partial charge in [0.15, 0.2) is 0 Å². The Morgan fingerprint density at radius 1 is 1.40 bits per heavy atom. The smallest absolute Gasteiger partial charge is 0.316 e. The fourth-order valence-electron chi connectivity index (χ4n) is 2.36. The maximum Gasteiger partial charge on any atom is 0.316 e. The molecular weight excluding hydrogens is 278 g/mol. The van der Waals surface area contributed by atoms with E-state index in [0.29, 0.717) is 5.02 Å². The number of hydrogen-bond donors (Lipinski definition) is 1. The number of aliphatic hydroxyl groups excluding tert-OH is 1. The maximum absolute atomic E-state index is 12.2. The Balaban J connectivity index is 1.97. The Labute approximate surface area is 124 Å². The first-order chi connectivity index (χ1) is 9.60. The number of piperidine rings is 1. The van der Waals surface area contributed by atoms with Gasteiger partial charge in [0.25, 0.3) is 0 Å². The molecule has 110 valence electrons. The van der Waals surface area contributed by atoms with Crippen molar-refractivity contribution in [2.24, 2.45) is 0 Å². The normalized spacial score (nSPS) is 18.8. The molecule has 1 aromatic carbocycles. The van der Waals surface area contributed by atoms with Crippen LogP contribution in [-0.4, -0.2) is 48.8 Å². The van der Waals surface area contributed by atoms with Crippen LogP contribution in [0.4, 0.5) is 0 Å². The number of esters is 1. The van der Waals surface area contributed by atoms with Gasteiger partial charge in [-0.15, -0.1) is 0 Å². The number of carbonyl (C=O) groups excluding carboxylic acids is 1. The van der Waals surface area contributed by atoms with Crippen molar-refractivity contribution in [2.75, 3.05) is 26.7 Å². The molecule has 0 aliphatic carbocycles. The maximum atomic E-state index is 12.2. The summed E-state index contributed by atoms with van der Waals surface area (Å²) in [6.45, 7) is 1.61. The van der Waals surface area contributed by atoms with Gasteiger partial charge in [-0.3, -0.25) is 4.79 Å². The van der Waals surface area contributed by atoms with E-state index in [9.17, 15) is 9.90 Å². The summed E-state index contributed by atoms with van der Waals surface area (Å²) in [5, 5.41) is 10.1. The van der Waals surface area contributed by atoms with Crippen molar-refractivity contribution >= 4 is 17.6 Å². The molecule has 1 saturated heterocycles. The molecule has 0 aromatic heterocycles. The van der Waals surface area contributed by atoms with Gasteiger partial charge in [0.2, 0.25) is 0 Å². The lowest BCUT2D eigenvalue weighted by atomic mass is 10.00. The quantitative estimate of drug-likeness (QED) is 0.864. The molecule has 2 rings (SSSR count). The van der Waals surface area contributed by atoms with Crippen LogP contribution >= 0.6 is 11.6 Å². The van der Waals surface area contributed by atoms with Gasteiger partial charge < -0.3 is 14.7 Å². The van der Waals surface area contributed by atoms with E-state index in [2.05, 4.69) is 11.9 Å². The van der Waals surface area contributed by atoms with E-state index in [-0.39, 0.29) is 18.7 Å². The number of halogens is 1. The molecule has 1 aromatic rings. The second kappa shape index (κ2) is 7.07. The van der Waals surface area contributed by atoms with E-state index in [4.69, 9.17) is 16.3 Å². The third-order valence-corrected chi connectivity index (χ3v) is 3.94. The standard InChI is InChI=1S/C15H20ClNO3/c1-17-8-6-13(7-9-17)20-15(19)14(10-18)11-2-4-12(16)5-3-11/h2-5,13-14,18H,6-10H2,1H3. The van der Waals surface area contributed by atoms with Gasteiger partial charge in [0, 0.05) is 18.1 Å². The largest absolute Gasteiger partial charge is 0.462 e.